The number of rotatable bonds is 2. The molecule has 0 N–H and O–H groups in total. The van der Waals surface area contributed by atoms with Gasteiger partial charge in [0.2, 0.25) is 5.78 Å². The molecule has 0 bridgehead atoms. The number of carbonyl (C=O) groups is 1. The summed E-state index contributed by atoms with van der Waals surface area (Å²) >= 11 is 12.7. The smallest absolute Gasteiger partial charge is 0.288 e. The van der Waals surface area contributed by atoms with Crippen LogP contribution in [0.4, 0.5) is 13.2 Å². The lowest BCUT2D eigenvalue weighted by Crippen LogP contribution is -2.10. The Hall–Kier alpha value is -1.11. The van der Waals surface area contributed by atoms with Gasteiger partial charge in [-0.15, -0.1) is 11.3 Å². The van der Waals surface area contributed by atoms with E-state index in [0.717, 1.165) is 23.0 Å². The minimum Gasteiger partial charge on any atom is -0.288 e. The number of carbonyl (C=O) groups excluding carboxylic acids is 1. The lowest BCUT2D eigenvalue weighted by Gasteiger charge is -2.08. The number of nitrogens with zero attached hydrogens (tertiary/aromatic N) is 1. The highest BCUT2D eigenvalue weighted by molar-refractivity contribution is 7.13. The monoisotopic (exact) mass is 339 g/mol. The first kappa shape index (κ1) is 15.3. The number of alkyl halides is 3. The van der Waals surface area contributed by atoms with Gasteiger partial charge in [0, 0.05) is 0 Å². The van der Waals surface area contributed by atoms with Gasteiger partial charge in [0.05, 0.1) is 15.5 Å². The largest absolute Gasteiger partial charge is 0.433 e. The molecule has 0 aliphatic heterocycles. The summed E-state index contributed by atoms with van der Waals surface area (Å²) in [6.07, 6.45) is -4.61. The van der Waals surface area contributed by atoms with Crippen LogP contribution in [0.15, 0.2) is 17.5 Å². The van der Waals surface area contributed by atoms with E-state index in [1.807, 2.05) is 0 Å². The molecule has 20 heavy (non-hydrogen) atoms. The average Bonchev–Trinajstić information content (AvgIpc) is 2.68. The number of aryl methyl sites for hydroxylation is 1. The Kier molecular flexibility index (Phi) is 4.09. The fraction of sp³-hybridized carbons (Fsp3) is 0.167. The molecule has 0 saturated heterocycles. The summed E-state index contributed by atoms with van der Waals surface area (Å²) in [4.78, 5) is 15.6. The number of pyridine rings is 1. The second-order valence-electron chi connectivity index (χ2n) is 3.92. The summed E-state index contributed by atoms with van der Waals surface area (Å²) in [5.41, 5.74) is -0.535. The SMILES string of the molecule is Cc1csc(C(=O)c2ccc(C(F)(F)F)nc2Cl)c1Cl. The van der Waals surface area contributed by atoms with Crippen molar-refractivity contribution in [1.29, 1.82) is 0 Å². The molecule has 0 fully saturated rings. The molecule has 0 aliphatic rings. The second kappa shape index (κ2) is 5.35. The zero-order valence-corrected chi connectivity index (χ0v) is 12.2. The second-order valence-corrected chi connectivity index (χ2v) is 5.54. The molecule has 2 aromatic rings. The van der Waals surface area contributed by atoms with Crippen molar-refractivity contribution < 1.29 is 18.0 Å². The van der Waals surface area contributed by atoms with Crippen molar-refractivity contribution in [2.45, 2.75) is 13.1 Å². The zero-order valence-electron chi connectivity index (χ0n) is 9.89. The van der Waals surface area contributed by atoms with Crippen LogP contribution in [0.3, 0.4) is 0 Å². The summed E-state index contributed by atoms with van der Waals surface area (Å²) in [6, 6.07) is 1.72. The predicted molar refractivity (Wildman–Crippen MR) is 71.7 cm³/mol. The van der Waals surface area contributed by atoms with Gasteiger partial charge in [0.1, 0.15) is 10.8 Å². The maximum absolute atomic E-state index is 12.5. The summed E-state index contributed by atoms with van der Waals surface area (Å²) < 4.78 is 37.4. The van der Waals surface area contributed by atoms with Crippen LogP contribution in [0, 0.1) is 6.92 Å². The van der Waals surface area contributed by atoms with Crippen molar-refractivity contribution >= 4 is 40.3 Å². The fourth-order valence-electron chi connectivity index (χ4n) is 1.47. The molecule has 2 rings (SSSR count). The highest BCUT2D eigenvalue weighted by atomic mass is 35.5. The number of halogens is 5. The minimum absolute atomic E-state index is 0.108. The van der Waals surface area contributed by atoms with Crippen molar-refractivity contribution in [3.05, 3.63) is 49.4 Å². The Morgan fingerprint density at radius 1 is 1.30 bits per heavy atom. The topological polar surface area (TPSA) is 30.0 Å². The highest BCUT2D eigenvalue weighted by Crippen LogP contribution is 2.33. The predicted octanol–water partition coefficient (Wildman–Crippen LogP) is 5.01. The lowest BCUT2D eigenvalue weighted by molar-refractivity contribution is -0.141. The van der Waals surface area contributed by atoms with Crippen LogP contribution in [-0.4, -0.2) is 10.8 Å². The van der Waals surface area contributed by atoms with Crippen LogP contribution in [-0.2, 0) is 6.18 Å². The maximum atomic E-state index is 12.5. The third kappa shape index (κ3) is 2.82. The molecular weight excluding hydrogens is 334 g/mol. The van der Waals surface area contributed by atoms with Gasteiger partial charge in [-0.25, -0.2) is 4.98 Å². The first-order valence-corrected chi connectivity index (χ1v) is 6.87. The van der Waals surface area contributed by atoms with E-state index in [4.69, 9.17) is 23.2 Å². The molecule has 0 saturated carbocycles. The summed E-state index contributed by atoms with van der Waals surface area (Å²) in [6.45, 7) is 1.72. The van der Waals surface area contributed by atoms with Crippen LogP contribution < -0.4 is 0 Å². The van der Waals surface area contributed by atoms with Crippen molar-refractivity contribution in [3.63, 3.8) is 0 Å². The van der Waals surface area contributed by atoms with E-state index in [0.29, 0.717) is 6.07 Å². The zero-order chi connectivity index (χ0) is 15.1. The normalized spacial score (nSPS) is 11.7. The number of hydrogen-bond acceptors (Lipinski definition) is 3. The first-order valence-electron chi connectivity index (χ1n) is 5.24. The fourth-order valence-corrected chi connectivity index (χ4v) is 2.94. The maximum Gasteiger partial charge on any atom is 0.433 e. The van der Waals surface area contributed by atoms with Gasteiger partial charge in [0.15, 0.2) is 0 Å². The highest BCUT2D eigenvalue weighted by Gasteiger charge is 2.33. The number of hydrogen-bond donors (Lipinski definition) is 0. The molecule has 0 atom stereocenters. The molecule has 106 valence electrons. The van der Waals surface area contributed by atoms with E-state index in [1.54, 1.807) is 12.3 Å². The Morgan fingerprint density at radius 3 is 2.40 bits per heavy atom. The third-order valence-electron chi connectivity index (χ3n) is 2.49. The summed E-state index contributed by atoms with van der Waals surface area (Å²) in [7, 11) is 0. The Bertz CT molecular complexity index is 682. The molecule has 2 aromatic heterocycles. The quantitative estimate of drug-likeness (QED) is 0.568. The number of thiophene rings is 1. The number of aromatic nitrogens is 1. The Balaban J connectivity index is 2.44. The van der Waals surface area contributed by atoms with Crippen molar-refractivity contribution in [2.24, 2.45) is 0 Å². The van der Waals surface area contributed by atoms with E-state index in [1.165, 1.54) is 0 Å². The van der Waals surface area contributed by atoms with E-state index in [2.05, 4.69) is 4.98 Å². The first-order chi connectivity index (χ1) is 9.21. The van der Waals surface area contributed by atoms with Crippen LogP contribution in [0.2, 0.25) is 10.2 Å². The summed E-state index contributed by atoms with van der Waals surface area (Å²) in [5.74, 6) is -0.542. The van der Waals surface area contributed by atoms with Gasteiger partial charge in [-0.05, 0) is 30.0 Å². The van der Waals surface area contributed by atoms with E-state index >= 15 is 0 Å². The van der Waals surface area contributed by atoms with Gasteiger partial charge >= 0.3 is 6.18 Å². The molecule has 2 nitrogen and oxygen atoms in total. The minimum atomic E-state index is -4.61. The van der Waals surface area contributed by atoms with Crippen molar-refractivity contribution in [1.82, 2.24) is 4.98 Å². The molecule has 0 aliphatic carbocycles. The van der Waals surface area contributed by atoms with Crippen LogP contribution in [0.25, 0.3) is 0 Å². The molecule has 0 unspecified atom stereocenters. The third-order valence-corrected chi connectivity index (χ3v) is 4.47. The Morgan fingerprint density at radius 2 is 1.95 bits per heavy atom. The van der Waals surface area contributed by atoms with Crippen LogP contribution >= 0.6 is 34.5 Å². The van der Waals surface area contributed by atoms with Crippen LogP contribution in [0.1, 0.15) is 26.5 Å². The van der Waals surface area contributed by atoms with Crippen molar-refractivity contribution in [2.75, 3.05) is 0 Å². The molecular formula is C12H6Cl2F3NOS. The van der Waals surface area contributed by atoms with Gasteiger partial charge < -0.3 is 0 Å². The lowest BCUT2D eigenvalue weighted by atomic mass is 10.1. The van der Waals surface area contributed by atoms with Gasteiger partial charge in [-0.1, -0.05) is 23.2 Å². The van der Waals surface area contributed by atoms with E-state index in [-0.39, 0.29) is 15.5 Å². The van der Waals surface area contributed by atoms with Gasteiger partial charge in [0.25, 0.3) is 0 Å². The molecule has 0 radical (unpaired) electrons. The van der Waals surface area contributed by atoms with E-state index < -0.39 is 22.8 Å². The standard InChI is InChI=1S/C12H6Cl2F3NOS/c1-5-4-20-10(8(5)13)9(19)6-2-3-7(12(15,16)17)18-11(6)14/h2-4H,1H3. The van der Waals surface area contributed by atoms with Gasteiger partial charge in [-0.3, -0.25) is 4.79 Å². The molecule has 0 amide bonds. The average molecular weight is 340 g/mol. The van der Waals surface area contributed by atoms with Gasteiger partial charge in [-0.2, -0.15) is 13.2 Å². The molecule has 0 spiro atoms. The molecule has 8 heteroatoms. The molecule has 2 heterocycles. The van der Waals surface area contributed by atoms with Crippen molar-refractivity contribution in [3.8, 4) is 0 Å². The summed E-state index contributed by atoms with van der Waals surface area (Å²) in [5, 5.41) is 1.46. The van der Waals surface area contributed by atoms with Crippen LogP contribution in [0.5, 0.6) is 0 Å². The Labute approximate surface area is 126 Å². The molecule has 0 aromatic carbocycles. The number of ketones is 1. The van der Waals surface area contributed by atoms with E-state index in [9.17, 15) is 18.0 Å².